The molecule has 16 heavy (non-hydrogen) atoms. The van der Waals surface area contributed by atoms with Crippen LogP contribution in [-0.2, 0) is 10.3 Å². The van der Waals surface area contributed by atoms with Gasteiger partial charge in [-0.3, -0.25) is 0 Å². The van der Waals surface area contributed by atoms with Crippen molar-refractivity contribution < 1.29 is 13.5 Å². The van der Waals surface area contributed by atoms with Gasteiger partial charge in [0.1, 0.15) is 17.2 Å². The van der Waals surface area contributed by atoms with E-state index in [2.05, 4.69) is 0 Å². The van der Waals surface area contributed by atoms with Gasteiger partial charge in [0.2, 0.25) is 0 Å². The molecule has 0 aliphatic heterocycles. The van der Waals surface area contributed by atoms with Gasteiger partial charge in [-0.1, -0.05) is 0 Å². The molecule has 1 unspecified atom stereocenters. The first-order chi connectivity index (χ1) is 7.39. The van der Waals surface area contributed by atoms with Crippen molar-refractivity contribution >= 4 is 0 Å². The molecule has 1 rings (SSSR count). The first-order valence-corrected chi connectivity index (χ1v) is 5.22. The first-order valence-electron chi connectivity index (χ1n) is 5.22. The van der Waals surface area contributed by atoms with E-state index in [0.29, 0.717) is 0 Å². The summed E-state index contributed by atoms with van der Waals surface area (Å²) in [7, 11) is 0. The summed E-state index contributed by atoms with van der Waals surface area (Å²) >= 11 is 0. The zero-order valence-corrected chi connectivity index (χ0v) is 9.76. The van der Waals surface area contributed by atoms with Gasteiger partial charge in [-0.25, -0.2) is 8.78 Å². The van der Waals surface area contributed by atoms with E-state index in [1.54, 1.807) is 6.92 Å². The number of ether oxygens (including phenoxy) is 1. The summed E-state index contributed by atoms with van der Waals surface area (Å²) in [6, 6.07) is 3.29. The molecule has 0 saturated heterocycles. The van der Waals surface area contributed by atoms with Crippen LogP contribution in [0.4, 0.5) is 8.78 Å². The van der Waals surface area contributed by atoms with Crippen LogP contribution in [0.25, 0.3) is 0 Å². The van der Waals surface area contributed by atoms with E-state index in [1.807, 2.05) is 13.8 Å². The minimum Gasteiger partial charge on any atom is -0.366 e. The maximum Gasteiger partial charge on any atom is 0.129 e. The minimum atomic E-state index is -1.000. The molecule has 0 aliphatic carbocycles. The van der Waals surface area contributed by atoms with Crippen molar-refractivity contribution in [2.24, 2.45) is 5.73 Å². The fourth-order valence-corrected chi connectivity index (χ4v) is 1.64. The van der Waals surface area contributed by atoms with Crippen LogP contribution in [0.2, 0.25) is 0 Å². The molecule has 0 fully saturated rings. The summed E-state index contributed by atoms with van der Waals surface area (Å²) in [5.41, 5.74) is 4.75. The number of halogens is 2. The molecule has 0 amide bonds. The van der Waals surface area contributed by atoms with Crippen LogP contribution in [0.5, 0.6) is 0 Å². The van der Waals surface area contributed by atoms with Crippen LogP contribution in [-0.4, -0.2) is 12.6 Å². The Morgan fingerprint density at radius 2 is 2.00 bits per heavy atom. The number of nitrogens with two attached hydrogens (primary N) is 1. The summed E-state index contributed by atoms with van der Waals surface area (Å²) in [6.07, 6.45) is -0.115. The number of benzene rings is 1. The van der Waals surface area contributed by atoms with Crippen molar-refractivity contribution in [1.82, 2.24) is 0 Å². The largest absolute Gasteiger partial charge is 0.366 e. The van der Waals surface area contributed by atoms with E-state index in [1.165, 1.54) is 0 Å². The van der Waals surface area contributed by atoms with Gasteiger partial charge in [-0.2, -0.15) is 0 Å². The van der Waals surface area contributed by atoms with Crippen molar-refractivity contribution in [1.29, 1.82) is 0 Å². The van der Waals surface area contributed by atoms with E-state index in [9.17, 15) is 8.78 Å². The predicted octanol–water partition coefficient (Wildman–Crippen LogP) is 2.56. The molecule has 4 heteroatoms. The lowest BCUT2D eigenvalue weighted by Crippen LogP contribution is -2.38. The van der Waals surface area contributed by atoms with Gasteiger partial charge >= 0.3 is 0 Å². The average molecular weight is 229 g/mol. The van der Waals surface area contributed by atoms with Gasteiger partial charge in [0.05, 0.1) is 6.10 Å². The highest BCUT2D eigenvalue weighted by atomic mass is 19.1. The molecular weight excluding hydrogens is 212 g/mol. The summed E-state index contributed by atoms with van der Waals surface area (Å²) < 4.78 is 32.3. The van der Waals surface area contributed by atoms with Gasteiger partial charge in [0.25, 0.3) is 0 Å². The Morgan fingerprint density at radius 3 is 2.50 bits per heavy atom. The Kier molecular flexibility index (Phi) is 3.99. The normalized spacial score (nSPS) is 15.2. The molecule has 0 spiro atoms. The van der Waals surface area contributed by atoms with E-state index in [4.69, 9.17) is 10.5 Å². The monoisotopic (exact) mass is 229 g/mol. The molecule has 0 saturated carbocycles. The van der Waals surface area contributed by atoms with Gasteiger partial charge in [0.15, 0.2) is 0 Å². The Morgan fingerprint density at radius 1 is 1.38 bits per heavy atom. The summed E-state index contributed by atoms with van der Waals surface area (Å²) in [6.45, 7) is 5.40. The lowest BCUT2D eigenvalue weighted by molar-refractivity contribution is -0.0686. The molecule has 1 aromatic rings. The fraction of sp³-hybridized carbons (Fsp3) is 0.500. The lowest BCUT2D eigenvalue weighted by Gasteiger charge is -2.31. The topological polar surface area (TPSA) is 35.2 Å². The highest BCUT2D eigenvalue weighted by molar-refractivity contribution is 5.25. The van der Waals surface area contributed by atoms with Gasteiger partial charge < -0.3 is 10.5 Å². The van der Waals surface area contributed by atoms with Gasteiger partial charge in [0, 0.05) is 12.1 Å². The molecule has 1 atom stereocenters. The summed E-state index contributed by atoms with van der Waals surface area (Å²) in [5, 5.41) is 0. The third kappa shape index (κ3) is 2.77. The number of hydrogen-bond donors (Lipinski definition) is 1. The van der Waals surface area contributed by atoms with E-state index >= 15 is 0 Å². The maximum atomic E-state index is 13.6. The van der Waals surface area contributed by atoms with Gasteiger partial charge in [-0.05, 0) is 39.0 Å². The first kappa shape index (κ1) is 13.1. The van der Waals surface area contributed by atoms with Crippen LogP contribution < -0.4 is 5.73 Å². The zero-order chi connectivity index (χ0) is 12.3. The summed E-state index contributed by atoms with van der Waals surface area (Å²) in [4.78, 5) is 0. The Hall–Kier alpha value is -1.00. The minimum absolute atomic E-state index is 0.0888. The molecule has 2 N–H and O–H groups in total. The van der Waals surface area contributed by atoms with Crippen molar-refractivity contribution in [2.45, 2.75) is 32.5 Å². The van der Waals surface area contributed by atoms with Crippen molar-refractivity contribution in [2.75, 3.05) is 6.54 Å². The van der Waals surface area contributed by atoms with E-state index in [0.717, 1.165) is 18.2 Å². The number of rotatable bonds is 4. The second-order valence-electron chi connectivity index (χ2n) is 4.23. The summed E-state index contributed by atoms with van der Waals surface area (Å²) in [5.74, 6) is -1.00. The SMILES string of the molecule is CC(C)OC(C)(CN)c1cc(F)ccc1F. The molecule has 0 aliphatic rings. The smallest absolute Gasteiger partial charge is 0.129 e. The number of hydrogen-bond acceptors (Lipinski definition) is 2. The van der Waals surface area contributed by atoms with Crippen LogP contribution in [0, 0.1) is 11.6 Å². The van der Waals surface area contributed by atoms with Crippen molar-refractivity contribution in [3.05, 3.63) is 35.4 Å². The second-order valence-corrected chi connectivity index (χ2v) is 4.23. The lowest BCUT2D eigenvalue weighted by atomic mass is 9.95. The standard InChI is InChI=1S/C12H17F2NO/c1-8(2)16-12(3,7-15)10-6-9(13)4-5-11(10)14/h4-6,8H,7,15H2,1-3H3. The van der Waals surface area contributed by atoms with Crippen molar-refractivity contribution in [3.8, 4) is 0 Å². The maximum absolute atomic E-state index is 13.6. The molecule has 0 heterocycles. The molecular formula is C12H17F2NO. The molecule has 1 aromatic carbocycles. The molecule has 0 radical (unpaired) electrons. The molecule has 0 bridgehead atoms. The third-order valence-electron chi connectivity index (χ3n) is 2.38. The van der Waals surface area contributed by atoms with Crippen LogP contribution in [0.3, 0.4) is 0 Å². The Balaban J connectivity index is 3.16. The Bertz CT molecular complexity index is 368. The molecule has 0 aromatic heterocycles. The van der Waals surface area contributed by atoms with E-state index < -0.39 is 17.2 Å². The predicted molar refractivity (Wildman–Crippen MR) is 59.0 cm³/mol. The molecule has 2 nitrogen and oxygen atoms in total. The highest BCUT2D eigenvalue weighted by Crippen LogP contribution is 2.28. The van der Waals surface area contributed by atoms with E-state index in [-0.39, 0.29) is 18.2 Å². The zero-order valence-electron chi connectivity index (χ0n) is 9.76. The third-order valence-corrected chi connectivity index (χ3v) is 2.38. The Labute approximate surface area is 94.4 Å². The van der Waals surface area contributed by atoms with Crippen LogP contribution >= 0.6 is 0 Å². The van der Waals surface area contributed by atoms with Crippen LogP contribution in [0.1, 0.15) is 26.3 Å². The van der Waals surface area contributed by atoms with Gasteiger partial charge in [-0.15, -0.1) is 0 Å². The fourth-order valence-electron chi connectivity index (χ4n) is 1.64. The van der Waals surface area contributed by atoms with Crippen LogP contribution in [0.15, 0.2) is 18.2 Å². The molecule has 90 valence electrons. The van der Waals surface area contributed by atoms with Crippen molar-refractivity contribution in [3.63, 3.8) is 0 Å². The second kappa shape index (κ2) is 4.89. The average Bonchev–Trinajstić information content (AvgIpc) is 2.20. The highest BCUT2D eigenvalue weighted by Gasteiger charge is 2.30. The quantitative estimate of drug-likeness (QED) is 0.861.